The molecule has 1 saturated heterocycles. The van der Waals surface area contributed by atoms with Crippen LogP contribution >= 0.6 is 0 Å². The van der Waals surface area contributed by atoms with Crippen molar-refractivity contribution >= 4 is 5.97 Å². The molecule has 0 aromatic rings. The van der Waals surface area contributed by atoms with Gasteiger partial charge in [0.25, 0.3) is 0 Å². The van der Waals surface area contributed by atoms with Crippen LogP contribution in [-0.4, -0.2) is 24.0 Å². The van der Waals surface area contributed by atoms with Crippen LogP contribution in [0.4, 0.5) is 0 Å². The summed E-state index contributed by atoms with van der Waals surface area (Å²) in [5, 5.41) is 12.0. The van der Waals surface area contributed by atoms with Gasteiger partial charge in [0.15, 0.2) is 0 Å². The Hall–Kier alpha value is -0.273. The predicted molar refractivity (Wildman–Crippen MR) is 46.1 cm³/mol. The monoisotopic (exact) mass is 204 g/mol. The first kappa shape index (κ1) is 12.8. The first-order valence-corrected chi connectivity index (χ1v) is 4.77. The minimum atomic E-state index is -1.69. The number of ether oxygens (including phenoxy) is 2. The Kier molecular flexibility index (Phi) is 3.37. The molecule has 15 heavy (non-hydrogen) atoms. The zero-order valence-corrected chi connectivity index (χ0v) is 9.28. The molecule has 0 saturated carbocycles. The maximum atomic E-state index is 12.0. The number of hydrogen-bond acceptors (Lipinski definition) is 4. The van der Waals surface area contributed by atoms with E-state index in [0.717, 1.165) is 0 Å². The minimum absolute atomic E-state index is 0. The Bertz CT molecular complexity index is 304. The fourth-order valence-electron chi connectivity index (χ4n) is 2.06. The Balaban J connectivity index is 0.00000112. The molecule has 78 valence electrons. The van der Waals surface area contributed by atoms with Crippen LogP contribution in [0.2, 0.25) is 0 Å². The summed E-state index contributed by atoms with van der Waals surface area (Å²) in [5.74, 6) is -2.84. The van der Waals surface area contributed by atoms with Gasteiger partial charge in [0.1, 0.15) is 0 Å². The quantitative estimate of drug-likeness (QED) is 0.273. The van der Waals surface area contributed by atoms with Gasteiger partial charge in [-0.05, 0) is 20.3 Å². The smallest absolute Gasteiger partial charge is 0.825 e. The van der Waals surface area contributed by atoms with Crippen LogP contribution in [0.3, 0.4) is 0 Å². The van der Waals surface area contributed by atoms with E-state index in [-0.39, 0.29) is 18.9 Å². The van der Waals surface area contributed by atoms with Crippen LogP contribution in [0.25, 0.3) is 0 Å². The summed E-state index contributed by atoms with van der Waals surface area (Å²) in [6, 6.07) is 0. The van der Waals surface area contributed by atoms with Crippen molar-refractivity contribution in [2.45, 2.75) is 31.7 Å². The molecular formula is C10H13LiO4. The number of esters is 1. The summed E-state index contributed by atoms with van der Waals surface area (Å²) in [7, 11) is 0. The van der Waals surface area contributed by atoms with Crippen LogP contribution in [0, 0.1) is 5.92 Å². The molecule has 0 N–H and O–H groups in total. The number of rotatable bonds is 2. The second-order valence-electron chi connectivity index (χ2n) is 3.98. The third kappa shape index (κ3) is 2.00. The second kappa shape index (κ2) is 3.95. The Labute approximate surface area is 101 Å². The van der Waals surface area contributed by atoms with Gasteiger partial charge in [-0.3, -0.25) is 4.79 Å². The molecule has 0 aromatic carbocycles. The topological polar surface area (TPSA) is 58.6 Å². The normalized spacial score (nSPS) is 41.4. The molecule has 0 aliphatic carbocycles. The third-order valence-corrected chi connectivity index (χ3v) is 2.73. The predicted octanol–water partition coefficient (Wildman–Crippen LogP) is -3.02. The summed E-state index contributed by atoms with van der Waals surface area (Å²) in [4.78, 5) is 11.4. The van der Waals surface area contributed by atoms with E-state index in [2.05, 4.69) is 0 Å². The van der Waals surface area contributed by atoms with Gasteiger partial charge in [-0.2, -0.15) is 0 Å². The van der Waals surface area contributed by atoms with Crippen LogP contribution < -0.4 is 24.0 Å². The maximum absolute atomic E-state index is 12.0. The second-order valence-corrected chi connectivity index (χ2v) is 3.98. The molecule has 3 atom stereocenters. The van der Waals surface area contributed by atoms with E-state index in [1.807, 2.05) is 6.92 Å². The number of fused-ring (bicyclic) bond motifs is 2. The number of carbonyl (C=O) groups excluding carboxylic acids is 1. The van der Waals surface area contributed by atoms with Crippen molar-refractivity contribution in [1.29, 1.82) is 0 Å². The van der Waals surface area contributed by atoms with E-state index >= 15 is 0 Å². The van der Waals surface area contributed by atoms with Gasteiger partial charge < -0.3 is 14.6 Å². The summed E-state index contributed by atoms with van der Waals surface area (Å²) < 4.78 is 10.1. The van der Waals surface area contributed by atoms with E-state index in [1.54, 1.807) is 13.0 Å². The fourth-order valence-corrected chi connectivity index (χ4v) is 2.06. The summed E-state index contributed by atoms with van der Waals surface area (Å²) in [5.41, 5.74) is -0.570. The summed E-state index contributed by atoms with van der Waals surface area (Å²) in [6.45, 7) is 3.83. The van der Waals surface area contributed by atoms with Crippen molar-refractivity contribution < 1.29 is 38.2 Å². The average molecular weight is 204 g/mol. The molecule has 2 bridgehead atoms. The summed E-state index contributed by atoms with van der Waals surface area (Å²) in [6.07, 6.45) is 3.58. The Morgan fingerprint density at radius 3 is 2.73 bits per heavy atom. The Morgan fingerprint density at radius 1 is 1.67 bits per heavy atom. The number of hydrogen-bond donors (Lipinski definition) is 0. The van der Waals surface area contributed by atoms with Crippen LogP contribution in [-0.2, 0) is 14.3 Å². The minimum Gasteiger partial charge on any atom is -0.825 e. The van der Waals surface area contributed by atoms with Crippen LogP contribution in [0.5, 0.6) is 0 Å². The van der Waals surface area contributed by atoms with Crippen molar-refractivity contribution in [2.24, 2.45) is 5.92 Å². The van der Waals surface area contributed by atoms with E-state index < -0.39 is 23.3 Å². The van der Waals surface area contributed by atoms with Gasteiger partial charge in [0.05, 0.1) is 18.1 Å². The molecule has 5 heteroatoms. The SMILES string of the molecule is CCOC(=O)C1CC2(C)C=CC1([O-])O2.[Li+]. The van der Waals surface area contributed by atoms with Crippen LogP contribution in [0.1, 0.15) is 20.3 Å². The molecular weight excluding hydrogens is 191 g/mol. The van der Waals surface area contributed by atoms with E-state index in [4.69, 9.17) is 9.47 Å². The summed E-state index contributed by atoms with van der Waals surface area (Å²) >= 11 is 0. The molecule has 2 rings (SSSR count). The largest absolute Gasteiger partial charge is 1.00 e. The van der Waals surface area contributed by atoms with Crippen molar-refractivity contribution in [3.05, 3.63) is 12.2 Å². The fraction of sp³-hybridized carbons (Fsp3) is 0.700. The molecule has 4 nitrogen and oxygen atoms in total. The molecule has 2 aliphatic heterocycles. The van der Waals surface area contributed by atoms with Gasteiger partial charge in [-0.25, -0.2) is 0 Å². The molecule has 2 heterocycles. The average Bonchev–Trinajstić information content (AvgIpc) is 2.53. The Morgan fingerprint density at radius 2 is 2.33 bits per heavy atom. The molecule has 1 fully saturated rings. The molecule has 0 spiro atoms. The van der Waals surface area contributed by atoms with Gasteiger partial charge >= 0.3 is 24.8 Å². The molecule has 0 amide bonds. The molecule has 2 aliphatic rings. The number of carbonyl (C=O) groups is 1. The zero-order valence-electron chi connectivity index (χ0n) is 9.28. The molecule has 3 unspecified atom stereocenters. The van der Waals surface area contributed by atoms with E-state index in [0.29, 0.717) is 13.0 Å². The van der Waals surface area contributed by atoms with Gasteiger partial charge in [-0.15, -0.1) is 0 Å². The van der Waals surface area contributed by atoms with Gasteiger partial charge in [-0.1, -0.05) is 12.2 Å². The van der Waals surface area contributed by atoms with E-state index in [9.17, 15) is 9.90 Å². The van der Waals surface area contributed by atoms with Crippen molar-refractivity contribution in [2.75, 3.05) is 6.61 Å². The molecule has 0 aromatic heterocycles. The first-order chi connectivity index (χ1) is 6.49. The van der Waals surface area contributed by atoms with Crippen molar-refractivity contribution in [3.63, 3.8) is 0 Å². The standard InChI is InChI=1S/C10H13O4.Li/c1-3-13-8(11)7-6-9(2)4-5-10(7,12)14-9;/h4-5,7H,3,6H2,1-2H3;/q-1;+1. The molecule has 0 radical (unpaired) electrons. The van der Waals surface area contributed by atoms with Crippen molar-refractivity contribution in [3.8, 4) is 0 Å². The first-order valence-electron chi connectivity index (χ1n) is 4.77. The van der Waals surface area contributed by atoms with Crippen LogP contribution in [0.15, 0.2) is 12.2 Å². The maximum Gasteiger partial charge on any atom is 1.00 e. The van der Waals surface area contributed by atoms with Gasteiger partial charge in [0, 0.05) is 5.79 Å². The van der Waals surface area contributed by atoms with Crippen molar-refractivity contribution in [1.82, 2.24) is 0 Å². The van der Waals surface area contributed by atoms with E-state index in [1.165, 1.54) is 6.08 Å². The van der Waals surface area contributed by atoms with Gasteiger partial charge in [0.2, 0.25) is 0 Å². The zero-order chi connectivity index (χ0) is 10.4. The third-order valence-electron chi connectivity index (χ3n) is 2.73.